The molecule has 2 fully saturated rings. The van der Waals surface area contributed by atoms with Crippen molar-refractivity contribution in [1.82, 2.24) is 24.8 Å². The normalized spacial score (nSPS) is 21.2. The van der Waals surface area contributed by atoms with Crippen LogP contribution in [0.2, 0.25) is 0 Å². The van der Waals surface area contributed by atoms with Crippen molar-refractivity contribution in [3.63, 3.8) is 0 Å². The fraction of sp³-hybridized carbons (Fsp3) is 0.417. The Balaban J connectivity index is 1.41. The minimum absolute atomic E-state index is 0.00357. The van der Waals surface area contributed by atoms with E-state index in [-0.39, 0.29) is 35.7 Å². The zero-order chi connectivity index (χ0) is 28.3. The van der Waals surface area contributed by atoms with E-state index in [2.05, 4.69) is 20.7 Å². The van der Waals surface area contributed by atoms with Crippen LogP contribution in [0.15, 0.2) is 30.6 Å². The first-order chi connectivity index (χ1) is 18.3. The number of benzene rings is 1. The predicted octanol–water partition coefficient (Wildman–Crippen LogP) is 3.36. The van der Waals surface area contributed by atoms with E-state index in [1.807, 2.05) is 0 Å². The Kier molecular flexibility index (Phi) is 6.34. The average molecular weight is 555 g/mol. The molecule has 2 atom stereocenters. The van der Waals surface area contributed by atoms with Crippen LogP contribution in [0.25, 0.3) is 16.8 Å². The molecule has 1 saturated carbocycles. The Bertz CT molecular complexity index is 1450. The van der Waals surface area contributed by atoms with Gasteiger partial charge in [-0.25, -0.2) is 22.7 Å². The van der Waals surface area contributed by atoms with Gasteiger partial charge in [0.15, 0.2) is 5.82 Å². The first kappa shape index (κ1) is 26.6. The van der Waals surface area contributed by atoms with Crippen molar-refractivity contribution >= 4 is 28.8 Å². The molecule has 1 saturated heterocycles. The van der Waals surface area contributed by atoms with Gasteiger partial charge in [0.2, 0.25) is 11.8 Å². The van der Waals surface area contributed by atoms with Crippen LogP contribution in [0.3, 0.4) is 0 Å². The summed E-state index contributed by atoms with van der Waals surface area (Å²) in [4.78, 5) is 30.4. The van der Waals surface area contributed by atoms with E-state index in [1.165, 1.54) is 25.2 Å². The number of hydrogen-bond donors (Lipinski definition) is 3. The Morgan fingerprint density at radius 1 is 1.15 bits per heavy atom. The average Bonchev–Trinajstić information content (AvgIpc) is 3.43. The number of likely N-dealkylation sites (tertiary alicyclic amines) is 1. The summed E-state index contributed by atoms with van der Waals surface area (Å²) in [6.45, 7) is -0.543. The van der Waals surface area contributed by atoms with Crippen LogP contribution in [0, 0.1) is 5.92 Å². The summed E-state index contributed by atoms with van der Waals surface area (Å²) >= 11 is 0. The van der Waals surface area contributed by atoms with Gasteiger partial charge < -0.3 is 21.3 Å². The minimum Gasteiger partial charge on any atom is -0.387 e. The molecule has 5 rings (SSSR count). The highest BCUT2D eigenvalue weighted by Gasteiger charge is 2.51. The number of nitrogens with zero attached hydrogens (tertiary/aromatic N) is 4. The Labute approximate surface area is 217 Å². The number of hydrogen-bond acceptors (Lipinski definition) is 6. The SMILES string of the molecule is CNc1ccc(-c2cc(C(F)(F)F)c3c(N)ncnn23)cc1C(=O)NC1CN(C(=O)C2CC(F)(F)C2)C[C@@H]1F. The molecule has 3 aromatic rings. The maximum Gasteiger partial charge on any atom is 0.418 e. The number of anilines is 2. The summed E-state index contributed by atoms with van der Waals surface area (Å²) in [5, 5.41) is 9.23. The number of alkyl halides is 6. The van der Waals surface area contributed by atoms with Gasteiger partial charge in [-0.05, 0) is 18.2 Å². The number of carbonyl (C=O) groups excluding carboxylic acids is 2. The molecule has 4 N–H and O–H groups in total. The largest absolute Gasteiger partial charge is 0.418 e. The highest BCUT2D eigenvalue weighted by atomic mass is 19.4. The maximum absolute atomic E-state index is 14.8. The molecule has 39 heavy (non-hydrogen) atoms. The summed E-state index contributed by atoms with van der Waals surface area (Å²) in [6.07, 6.45) is -6.57. The number of rotatable bonds is 5. The van der Waals surface area contributed by atoms with Crippen molar-refractivity contribution in [3.8, 4) is 11.3 Å². The van der Waals surface area contributed by atoms with Gasteiger partial charge in [0.1, 0.15) is 18.0 Å². The molecule has 2 amide bonds. The van der Waals surface area contributed by atoms with Crippen LogP contribution >= 0.6 is 0 Å². The first-order valence-corrected chi connectivity index (χ1v) is 11.9. The molecule has 9 nitrogen and oxygen atoms in total. The number of nitrogens with one attached hydrogen (secondary N) is 2. The van der Waals surface area contributed by atoms with Crippen LogP contribution in [0.1, 0.15) is 28.8 Å². The zero-order valence-electron chi connectivity index (χ0n) is 20.4. The number of halogens is 6. The quantitative estimate of drug-likeness (QED) is 0.416. The van der Waals surface area contributed by atoms with E-state index >= 15 is 0 Å². The summed E-state index contributed by atoms with van der Waals surface area (Å²) in [5.41, 5.74) is 4.68. The van der Waals surface area contributed by atoms with Gasteiger partial charge in [-0.15, -0.1) is 0 Å². The lowest BCUT2D eigenvalue weighted by atomic mass is 9.80. The third-order valence-electron chi connectivity index (χ3n) is 7.03. The molecular weight excluding hydrogens is 532 g/mol. The second-order valence-electron chi connectivity index (χ2n) is 9.66. The van der Waals surface area contributed by atoms with Crippen LogP contribution in [0.4, 0.5) is 37.8 Å². The fourth-order valence-corrected chi connectivity index (χ4v) is 5.02. The maximum atomic E-state index is 14.8. The predicted molar refractivity (Wildman–Crippen MR) is 128 cm³/mol. The van der Waals surface area contributed by atoms with Gasteiger partial charge in [-0.1, -0.05) is 6.07 Å². The number of nitrogens with two attached hydrogens (primary N) is 1. The third kappa shape index (κ3) is 4.81. The lowest BCUT2D eigenvalue weighted by Gasteiger charge is -2.36. The monoisotopic (exact) mass is 555 g/mol. The van der Waals surface area contributed by atoms with Crippen molar-refractivity contribution < 1.29 is 35.9 Å². The van der Waals surface area contributed by atoms with Crippen molar-refractivity contribution in [2.24, 2.45) is 5.92 Å². The molecular formula is C24H23F6N7O2. The molecule has 0 radical (unpaired) electrons. The van der Waals surface area contributed by atoms with E-state index in [1.54, 1.807) is 0 Å². The summed E-state index contributed by atoms with van der Waals surface area (Å²) in [7, 11) is 1.52. The molecule has 2 aliphatic rings. The Morgan fingerprint density at radius 2 is 1.87 bits per heavy atom. The Hall–Kier alpha value is -4.04. The molecule has 0 spiro atoms. The molecule has 208 valence electrons. The van der Waals surface area contributed by atoms with E-state index in [4.69, 9.17) is 5.73 Å². The molecule has 1 unspecified atom stereocenters. The number of fused-ring (bicyclic) bond motifs is 1. The number of amides is 2. The molecule has 2 aromatic heterocycles. The smallest absolute Gasteiger partial charge is 0.387 e. The number of aromatic nitrogens is 3. The van der Waals surface area contributed by atoms with E-state index in [0.717, 1.165) is 21.8 Å². The van der Waals surface area contributed by atoms with Gasteiger partial charge in [-0.2, -0.15) is 18.3 Å². The second kappa shape index (κ2) is 9.31. The zero-order valence-corrected chi connectivity index (χ0v) is 20.4. The van der Waals surface area contributed by atoms with Gasteiger partial charge in [0, 0.05) is 43.6 Å². The van der Waals surface area contributed by atoms with Crippen molar-refractivity contribution in [2.75, 3.05) is 31.2 Å². The lowest BCUT2D eigenvalue weighted by molar-refractivity contribution is -0.159. The van der Waals surface area contributed by atoms with Gasteiger partial charge >= 0.3 is 6.18 Å². The van der Waals surface area contributed by atoms with Crippen LogP contribution in [-0.4, -0.2) is 69.6 Å². The van der Waals surface area contributed by atoms with Crippen molar-refractivity contribution in [3.05, 3.63) is 41.7 Å². The number of carbonyl (C=O) groups is 2. The molecule has 0 bridgehead atoms. The molecule has 1 aliphatic heterocycles. The second-order valence-corrected chi connectivity index (χ2v) is 9.66. The van der Waals surface area contributed by atoms with E-state index < -0.39 is 66.0 Å². The summed E-state index contributed by atoms with van der Waals surface area (Å²) < 4.78 is 83.2. The fourth-order valence-electron chi connectivity index (χ4n) is 5.02. The van der Waals surface area contributed by atoms with Crippen LogP contribution < -0.4 is 16.4 Å². The highest BCUT2D eigenvalue weighted by Crippen LogP contribution is 2.43. The standard InChI is InChI=1S/C24H23F6N7O2/c1-32-16-3-2-11(18-5-14(24(28,29)30)19-20(31)33-10-34-37(18)19)4-13(16)21(38)35-17-9-36(8-15(17)25)22(39)12-6-23(26,27)7-12/h2-5,10,12,15,17,32H,6-9H2,1H3,(H,35,38)(H2,31,33,34)/t15-,17?/m0/s1. The third-order valence-corrected chi connectivity index (χ3v) is 7.03. The van der Waals surface area contributed by atoms with Crippen molar-refractivity contribution in [1.29, 1.82) is 0 Å². The first-order valence-electron chi connectivity index (χ1n) is 11.9. The van der Waals surface area contributed by atoms with Crippen molar-refractivity contribution in [2.45, 2.75) is 37.2 Å². The summed E-state index contributed by atoms with van der Waals surface area (Å²) in [6, 6.07) is 4.01. The Morgan fingerprint density at radius 3 is 2.51 bits per heavy atom. The van der Waals surface area contributed by atoms with Gasteiger partial charge in [0.25, 0.3) is 5.91 Å². The van der Waals surface area contributed by atoms with Crippen LogP contribution in [-0.2, 0) is 11.0 Å². The van der Waals surface area contributed by atoms with Gasteiger partial charge in [-0.3, -0.25) is 9.59 Å². The topological polar surface area (TPSA) is 118 Å². The lowest BCUT2D eigenvalue weighted by Crippen LogP contribution is -2.47. The molecule has 15 heteroatoms. The minimum atomic E-state index is -4.76. The number of nitrogen functional groups attached to an aromatic ring is 1. The molecule has 1 aliphatic carbocycles. The van der Waals surface area contributed by atoms with Gasteiger partial charge in [0.05, 0.1) is 29.4 Å². The van der Waals surface area contributed by atoms with E-state index in [9.17, 15) is 35.9 Å². The summed E-state index contributed by atoms with van der Waals surface area (Å²) in [5.74, 6) is -5.50. The molecule has 3 heterocycles. The van der Waals surface area contributed by atoms with Crippen LogP contribution in [0.5, 0.6) is 0 Å². The van der Waals surface area contributed by atoms with E-state index in [0.29, 0.717) is 5.69 Å². The highest BCUT2D eigenvalue weighted by molar-refractivity contribution is 6.01. The molecule has 1 aromatic carbocycles.